The van der Waals surface area contributed by atoms with E-state index >= 15 is 0 Å². The number of ether oxygens (including phenoxy) is 3. The largest absolute Gasteiger partial charge is 0.489 e. The number of hydrogen-bond donors (Lipinski definition) is 1. The van der Waals surface area contributed by atoms with Crippen molar-refractivity contribution in [1.82, 2.24) is 5.32 Å². The van der Waals surface area contributed by atoms with E-state index in [4.69, 9.17) is 14.2 Å². The Morgan fingerprint density at radius 1 is 1.14 bits per heavy atom. The van der Waals surface area contributed by atoms with E-state index in [2.05, 4.69) is 12.2 Å². The van der Waals surface area contributed by atoms with E-state index in [-0.39, 0.29) is 18.7 Å². The lowest BCUT2D eigenvalue weighted by Gasteiger charge is -2.16. The van der Waals surface area contributed by atoms with E-state index in [0.717, 1.165) is 23.3 Å². The van der Waals surface area contributed by atoms with Crippen LogP contribution in [-0.2, 0) is 6.61 Å². The zero-order valence-corrected chi connectivity index (χ0v) is 16.3. The summed E-state index contributed by atoms with van der Waals surface area (Å²) in [4.78, 5) is 13.3. The van der Waals surface area contributed by atoms with Crippen LogP contribution in [0, 0.1) is 0 Å². The number of carbonyl (C=O) groups is 1. The van der Waals surface area contributed by atoms with Crippen molar-refractivity contribution in [2.24, 2.45) is 0 Å². The molecule has 1 amide bonds. The summed E-state index contributed by atoms with van der Waals surface area (Å²) < 4.78 is 16.5. The molecule has 2 aromatic carbocycles. The van der Waals surface area contributed by atoms with E-state index in [1.54, 1.807) is 0 Å². The van der Waals surface area contributed by atoms with Gasteiger partial charge in [-0.2, -0.15) is 0 Å². The van der Waals surface area contributed by atoms with Crippen LogP contribution in [0.25, 0.3) is 0 Å². The summed E-state index contributed by atoms with van der Waals surface area (Å²) in [5.74, 6) is 2.06. The second-order valence-corrected chi connectivity index (χ2v) is 7.38. The molecular weight excluding hydrogens is 374 g/mol. The number of benzene rings is 2. The number of thiophene rings is 1. The van der Waals surface area contributed by atoms with Gasteiger partial charge in [-0.25, -0.2) is 0 Å². The van der Waals surface area contributed by atoms with Crippen LogP contribution < -0.4 is 19.5 Å². The number of hydrogen-bond acceptors (Lipinski definition) is 5. The minimum atomic E-state index is -0.0602. The molecule has 0 aliphatic carbocycles. The number of fused-ring (bicyclic) bond motifs is 1. The van der Waals surface area contributed by atoms with Crippen molar-refractivity contribution in [2.45, 2.75) is 26.0 Å². The van der Waals surface area contributed by atoms with Crippen molar-refractivity contribution in [1.29, 1.82) is 0 Å². The molecule has 144 valence electrons. The Labute approximate surface area is 167 Å². The fourth-order valence-corrected chi connectivity index (χ4v) is 3.84. The van der Waals surface area contributed by atoms with Gasteiger partial charge < -0.3 is 19.5 Å². The van der Waals surface area contributed by atoms with Crippen molar-refractivity contribution in [3.8, 4) is 17.2 Å². The Balaban J connectivity index is 1.36. The number of amides is 1. The van der Waals surface area contributed by atoms with Crippen LogP contribution >= 0.6 is 11.3 Å². The van der Waals surface area contributed by atoms with Gasteiger partial charge in [0.25, 0.3) is 5.91 Å². The maximum Gasteiger partial charge on any atom is 0.261 e. The third kappa shape index (κ3) is 4.12. The van der Waals surface area contributed by atoms with Gasteiger partial charge in [0.2, 0.25) is 6.79 Å². The molecule has 1 aliphatic rings. The van der Waals surface area contributed by atoms with Gasteiger partial charge in [-0.3, -0.25) is 4.79 Å². The normalized spacial score (nSPS) is 13.2. The van der Waals surface area contributed by atoms with Gasteiger partial charge in [-0.05, 0) is 35.6 Å². The van der Waals surface area contributed by atoms with Crippen LogP contribution in [0.4, 0.5) is 0 Å². The number of carbonyl (C=O) groups excluding carboxylic acids is 1. The standard InChI is InChI=1S/C22H21NO4S/c1-2-18(16-6-4-3-5-7-16)23-22(24)21-10-15(13-28-21)12-25-17-8-9-19-20(11-17)27-14-26-19/h3-11,13,18H,2,12,14H2,1H3,(H,23,24). The first-order valence-electron chi connectivity index (χ1n) is 9.18. The van der Waals surface area contributed by atoms with E-state index in [0.29, 0.717) is 23.0 Å². The molecule has 4 rings (SSSR count). The highest BCUT2D eigenvalue weighted by Crippen LogP contribution is 2.35. The fraction of sp³-hybridized carbons (Fsp3) is 0.227. The molecule has 6 heteroatoms. The quantitative estimate of drug-likeness (QED) is 0.616. The van der Waals surface area contributed by atoms with Gasteiger partial charge in [0.1, 0.15) is 12.4 Å². The molecular formula is C22H21NO4S. The van der Waals surface area contributed by atoms with Crippen molar-refractivity contribution in [3.05, 3.63) is 76.0 Å². The van der Waals surface area contributed by atoms with E-state index in [1.807, 2.05) is 60.0 Å². The molecule has 1 aliphatic heterocycles. The average Bonchev–Trinajstić information content (AvgIpc) is 3.40. The lowest BCUT2D eigenvalue weighted by Crippen LogP contribution is -2.27. The van der Waals surface area contributed by atoms with Crippen LogP contribution in [0.3, 0.4) is 0 Å². The zero-order valence-electron chi connectivity index (χ0n) is 15.5. The molecule has 0 bridgehead atoms. The zero-order chi connectivity index (χ0) is 19.3. The molecule has 1 aromatic heterocycles. The molecule has 3 aromatic rings. The predicted octanol–water partition coefficient (Wildman–Crippen LogP) is 4.94. The summed E-state index contributed by atoms with van der Waals surface area (Å²) in [6.45, 7) is 2.69. The van der Waals surface area contributed by atoms with E-state index in [9.17, 15) is 4.79 Å². The molecule has 0 radical (unpaired) electrons. The Morgan fingerprint density at radius 3 is 2.79 bits per heavy atom. The Bertz CT molecular complexity index is 954. The first kappa shape index (κ1) is 18.4. The van der Waals surface area contributed by atoms with Crippen molar-refractivity contribution < 1.29 is 19.0 Å². The van der Waals surface area contributed by atoms with Crippen LogP contribution in [0.5, 0.6) is 17.2 Å². The third-order valence-corrected chi connectivity index (χ3v) is 5.52. The Morgan fingerprint density at radius 2 is 1.96 bits per heavy atom. The van der Waals surface area contributed by atoms with Gasteiger partial charge in [-0.15, -0.1) is 11.3 Å². The molecule has 2 heterocycles. The smallest absolute Gasteiger partial charge is 0.261 e. The molecule has 1 atom stereocenters. The summed E-state index contributed by atoms with van der Waals surface area (Å²) >= 11 is 1.42. The highest BCUT2D eigenvalue weighted by molar-refractivity contribution is 7.12. The fourth-order valence-electron chi connectivity index (χ4n) is 3.04. The molecule has 0 spiro atoms. The molecule has 28 heavy (non-hydrogen) atoms. The SMILES string of the molecule is CCC(NC(=O)c1cc(COc2ccc3c(c2)OCO3)cs1)c1ccccc1. The van der Waals surface area contributed by atoms with Crippen molar-refractivity contribution >= 4 is 17.2 Å². The minimum Gasteiger partial charge on any atom is -0.489 e. The molecule has 1 N–H and O–H groups in total. The maximum atomic E-state index is 12.6. The average molecular weight is 395 g/mol. The highest BCUT2D eigenvalue weighted by atomic mass is 32.1. The molecule has 0 saturated carbocycles. The van der Waals surface area contributed by atoms with Crippen LogP contribution in [-0.4, -0.2) is 12.7 Å². The van der Waals surface area contributed by atoms with Crippen molar-refractivity contribution in [2.75, 3.05) is 6.79 Å². The first-order valence-corrected chi connectivity index (χ1v) is 10.1. The Hall–Kier alpha value is -2.99. The van der Waals surface area contributed by atoms with Gasteiger partial charge >= 0.3 is 0 Å². The van der Waals surface area contributed by atoms with Gasteiger partial charge in [0.05, 0.1) is 10.9 Å². The summed E-state index contributed by atoms with van der Waals surface area (Å²) in [7, 11) is 0. The molecule has 1 unspecified atom stereocenters. The second kappa shape index (κ2) is 8.35. The maximum absolute atomic E-state index is 12.6. The van der Waals surface area contributed by atoms with Crippen molar-refractivity contribution in [3.63, 3.8) is 0 Å². The Kier molecular flexibility index (Phi) is 5.48. The molecule has 0 fully saturated rings. The minimum absolute atomic E-state index is 0.00383. The van der Waals surface area contributed by atoms with Gasteiger partial charge in [0, 0.05) is 11.6 Å². The monoisotopic (exact) mass is 395 g/mol. The predicted molar refractivity (Wildman–Crippen MR) is 108 cm³/mol. The summed E-state index contributed by atoms with van der Waals surface area (Å²) in [5, 5.41) is 5.06. The molecule has 0 saturated heterocycles. The molecule has 5 nitrogen and oxygen atoms in total. The summed E-state index contributed by atoms with van der Waals surface area (Å²) in [5.41, 5.74) is 2.07. The van der Waals surface area contributed by atoms with Gasteiger partial charge in [0.15, 0.2) is 11.5 Å². The van der Waals surface area contributed by atoms with Crippen LogP contribution in [0.15, 0.2) is 60.0 Å². The summed E-state index contributed by atoms with van der Waals surface area (Å²) in [6, 6.07) is 17.4. The number of nitrogens with one attached hydrogen (secondary N) is 1. The second-order valence-electron chi connectivity index (χ2n) is 6.47. The van der Waals surface area contributed by atoms with Crippen LogP contribution in [0.1, 0.15) is 40.2 Å². The van der Waals surface area contributed by atoms with E-state index < -0.39 is 0 Å². The lowest BCUT2D eigenvalue weighted by molar-refractivity contribution is 0.0939. The summed E-state index contributed by atoms with van der Waals surface area (Å²) in [6.07, 6.45) is 0.835. The van der Waals surface area contributed by atoms with Gasteiger partial charge in [-0.1, -0.05) is 37.3 Å². The number of rotatable bonds is 7. The topological polar surface area (TPSA) is 56.8 Å². The van der Waals surface area contributed by atoms with E-state index in [1.165, 1.54) is 11.3 Å². The first-order chi connectivity index (χ1) is 13.7. The third-order valence-electron chi connectivity index (χ3n) is 4.54. The lowest BCUT2D eigenvalue weighted by atomic mass is 10.0. The van der Waals surface area contributed by atoms with Crippen LogP contribution in [0.2, 0.25) is 0 Å². The highest BCUT2D eigenvalue weighted by Gasteiger charge is 2.16.